The van der Waals surface area contributed by atoms with Crippen LogP contribution in [0, 0.1) is 0 Å². The summed E-state index contributed by atoms with van der Waals surface area (Å²) in [4.78, 5) is 4.57. The molecular weight excluding hydrogens is 232 g/mol. The molecule has 1 atom stereocenters. The average Bonchev–Trinajstić information content (AvgIpc) is 2.71. The fraction of sp³-hybridized carbons (Fsp3) is 0.462. The van der Waals surface area contributed by atoms with E-state index < -0.39 is 0 Å². The van der Waals surface area contributed by atoms with Crippen molar-refractivity contribution in [1.29, 1.82) is 0 Å². The molecule has 0 radical (unpaired) electrons. The smallest absolute Gasteiger partial charge is 0.184 e. The lowest BCUT2D eigenvalue weighted by molar-refractivity contribution is 0.182. The van der Waals surface area contributed by atoms with Gasteiger partial charge in [0.05, 0.1) is 22.9 Å². The Morgan fingerprint density at radius 3 is 2.94 bits per heavy atom. The molecule has 1 N–H and O–H groups in total. The Morgan fingerprint density at radius 2 is 2.24 bits per heavy atom. The average molecular weight is 250 g/mol. The first-order valence-electron chi connectivity index (χ1n) is 5.94. The summed E-state index contributed by atoms with van der Waals surface area (Å²) in [5, 5.41) is 4.44. The van der Waals surface area contributed by atoms with E-state index >= 15 is 0 Å². The first-order chi connectivity index (χ1) is 8.33. The van der Waals surface area contributed by atoms with Gasteiger partial charge >= 0.3 is 0 Å². The molecule has 1 aromatic carbocycles. The quantitative estimate of drug-likeness (QED) is 0.851. The molecule has 0 bridgehead atoms. The van der Waals surface area contributed by atoms with Crippen molar-refractivity contribution in [3.63, 3.8) is 0 Å². The van der Waals surface area contributed by atoms with Crippen LogP contribution < -0.4 is 5.32 Å². The number of benzene rings is 1. The zero-order chi connectivity index (χ0) is 12.1. The van der Waals surface area contributed by atoms with Crippen LogP contribution in [-0.4, -0.2) is 24.7 Å². The molecule has 0 fully saturated rings. The SMILES string of the molecule is CCCC(COC)Nc1nc2ccccc2s1. The van der Waals surface area contributed by atoms with Crippen molar-refractivity contribution in [3.05, 3.63) is 24.3 Å². The van der Waals surface area contributed by atoms with Gasteiger partial charge in [0.25, 0.3) is 0 Å². The molecule has 0 aliphatic carbocycles. The summed E-state index contributed by atoms with van der Waals surface area (Å²) in [6.07, 6.45) is 2.25. The first-order valence-corrected chi connectivity index (χ1v) is 6.76. The minimum atomic E-state index is 0.352. The number of rotatable bonds is 6. The summed E-state index contributed by atoms with van der Waals surface area (Å²) in [5.41, 5.74) is 1.06. The highest BCUT2D eigenvalue weighted by Crippen LogP contribution is 2.26. The van der Waals surface area contributed by atoms with E-state index in [0.717, 1.165) is 30.1 Å². The van der Waals surface area contributed by atoms with Crippen LogP contribution in [0.2, 0.25) is 0 Å². The van der Waals surface area contributed by atoms with Crippen molar-refractivity contribution in [1.82, 2.24) is 4.98 Å². The van der Waals surface area contributed by atoms with Gasteiger partial charge in [-0.1, -0.05) is 36.8 Å². The minimum absolute atomic E-state index is 0.352. The monoisotopic (exact) mass is 250 g/mol. The third kappa shape index (κ3) is 3.17. The Balaban J connectivity index is 2.10. The van der Waals surface area contributed by atoms with Gasteiger partial charge < -0.3 is 10.1 Å². The highest BCUT2D eigenvalue weighted by molar-refractivity contribution is 7.22. The lowest BCUT2D eigenvalue weighted by Crippen LogP contribution is -2.24. The predicted molar refractivity (Wildman–Crippen MR) is 73.8 cm³/mol. The normalized spacial score (nSPS) is 12.8. The maximum absolute atomic E-state index is 5.22. The molecule has 1 heterocycles. The number of nitrogens with zero attached hydrogens (tertiary/aromatic N) is 1. The maximum Gasteiger partial charge on any atom is 0.184 e. The van der Waals surface area contributed by atoms with E-state index in [2.05, 4.69) is 23.3 Å². The molecule has 2 rings (SSSR count). The number of fused-ring (bicyclic) bond motifs is 1. The number of nitrogens with one attached hydrogen (secondary N) is 1. The summed E-state index contributed by atoms with van der Waals surface area (Å²) in [6, 6.07) is 8.56. The van der Waals surface area contributed by atoms with E-state index in [9.17, 15) is 0 Å². The first kappa shape index (κ1) is 12.3. The Hall–Kier alpha value is -1.13. The number of para-hydroxylation sites is 1. The van der Waals surface area contributed by atoms with Gasteiger partial charge in [-0.3, -0.25) is 0 Å². The molecule has 1 unspecified atom stereocenters. The molecule has 0 amide bonds. The standard InChI is InChI=1S/C13H18N2OS/c1-3-6-10(9-16-2)14-13-15-11-7-4-5-8-12(11)17-13/h4-5,7-8,10H,3,6,9H2,1-2H3,(H,14,15). The molecule has 2 aromatic rings. The van der Waals surface area contributed by atoms with Gasteiger partial charge in [-0.15, -0.1) is 0 Å². The third-order valence-electron chi connectivity index (χ3n) is 2.63. The van der Waals surface area contributed by atoms with Crippen molar-refractivity contribution < 1.29 is 4.74 Å². The van der Waals surface area contributed by atoms with Crippen molar-refractivity contribution in [2.24, 2.45) is 0 Å². The van der Waals surface area contributed by atoms with Crippen LogP contribution in [0.1, 0.15) is 19.8 Å². The van der Waals surface area contributed by atoms with E-state index in [1.807, 2.05) is 18.2 Å². The van der Waals surface area contributed by atoms with Gasteiger partial charge in [0.2, 0.25) is 0 Å². The van der Waals surface area contributed by atoms with Crippen molar-refractivity contribution >= 4 is 26.7 Å². The van der Waals surface area contributed by atoms with Crippen LogP contribution in [0.25, 0.3) is 10.2 Å². The number of hydrogen-bond donors (Lipinski definition) is 1. The van der Waals surface area contributed by atoms with E-state index in [0.29, 0.717) is 6.04 Å². The van der Waals surface area contributed by atoms with Crippen LogP contribution in [-0.2, 0) is 4.74 Å². The molecule has 0 aliphatic rings. The fourth-order valence-electron chi connectivity index (χ4n) is 1.86. The number of anilines is 1. The topological polar surface area (TPSA) is 34.1 Å². The van der Waals surface area contributed by atoms with E-state index in [1.165, 1.54) is 4.70 Å². The maximum atomic E-state index is 5.22. The van der Waals surface area contributed by atoms with Crippen LogP contribution in [0.15, 0.2) is 24.3 Å². The number of thiazole rings is 1. The Bertz CT molecular complexity index is 430. The zero-order valence-corrected chi connectivity index (χ0v) is 11.1. The van der Waals surface area contributed by atoms with Crippen LogP contribution in [0.4, 0.5) is 5.13 Å². The van der Waals surface area contributed by atoms with Crippen molar-refractivity contribution in [2.75, 3.05) is 19.0 Å². The molecule has 4 heteroatoms. The van der Waals surface area contributed by atoms with Crippen LogP contribution in [0.3, 0.4) is 0 Å². The van der Waals surface area contributed by atoms with Crippen LogP contribution in [0.5, 0.6) is 0 Å². The molecule has 1 aromatic heterocycles. The molecule has 3 nitrogen and oxygen atoms in total. The number of aromatic nitrogens is 1. The second-order valence-electron chi connectivity index (χ2n) is 4.07. The predicted octanol–water partition coefficient (Wildman–Crippen LogP) is 3.52. The Labute approximate surface area is 106 Å². The molecule has 0 saturated carbocycles. The summed E-state index contributed by atoms with van der Waals surface area (Å²) >= 11 is 1.70. The van der Waals surface area contributed by atoms with E-state index in [4.69, 9.17) is 4.74 Å². The molecule has 0 aliphatic heterocycles. The van der Waals surface area contributed by atoms with Gasteiger partial charge in [0, 0.05) is 7.11 Å². The van der Waals surface area contributed by atoms with Crippen molar-refractivity contribution in [2.45, 2.75) is 25.8 Å². The highest BCUT2D eigenvalue weighted by Gasteiger charge is 2.10. The summed E-state index contributed by atoms with van der Waals surface area (Å²) in [5.74, 6) is 0. The fourth-order valence-corrected chi connectivity index (χ4v) is 2.80. The minimum Gasteiger partial charge on any atom is -0.383 e. The molecule has 0 saturated heterocycles. The second kappa shape index (κ2) is 5.98. The van der Waals surface area contributed by atoms with Crippen molar-refractivity contribution in [3.8, 4) is 0 Å². The van der Waals surface area contributed by atoms with Gasteiger partial charge in [-0.05, 0) is 18.6 Å². The molecular formula is C13H18N2OS. The van der Waals surface area contributed by atoms with Gasteiger partial charge in [-0.2, -0.15) is 0 Å². The van der Waals surface area contributed by atoms with E-state index in [1.54, 1.807) is 18.4 Å². The molecule has 92 valence electrons. The highest BCUT2D eigenvalue weighted by atomic mass is 32.1. The lowest BCUT2D eigenvalue weighted by atomic mass is 10.2. The van der Waals surface area contributed by atoms with Gasteiger partial charge in [-0.25, -0.2) is 4.98 Å². The summed E-state index contributed by atoms with van der Waals surface area (Å²) < 4.78 is 6.44. The largest absolute Gasteiger partial charge is 0.383 e. The summed E-state index contributed by atoms with van der Waals surface area (Å²) in [6.45, 7) is 2.91. The third-order valence-corrected chi connectivity index (χ3v) is 3.59. The molecule has 0 spiro atoms. The van der Waals surface area contributed by atoms with Gasteiger partial charge in [0.15, 0.2) is 5.13 Å². The second-order valence-corrected chi connectivity index (χ2v) is 5.10. The Morgan fingerprint density at radius 1 is 1.41 bits per heavy atom. The summed E-state index contributed by atoms with van der Waals surface area (Å²) in [7, 11) is 1.74. The van der Waals surface area contributed by atoms with Crippen LogP contribution >= 0.6 is 11.3 Å². The molecule has 17 heavy (non-hydrogen) atoms. The number of ether oxygens (including phenoxy) is 1. The number of hydrogen-bond acceptors (Lipinski definition) is 4. The Kier molecular flexibility index (Phi) is 4.34. The lowest BCUT2D eigenvalue weighted by Gasteiger charge is -2.15. The zero-order valence-electron chi connectivity index (χ0n) is 10.3. The van der Waals surface area contributed by atoms with E-state index in [-0.39, 0.29) is 0 Å². The number of methoxy groups -OCH3 is 1. The van der Waals surface area contributed by atoms with Gasteiger partial charge in [0.1, 0.15) is 0 Å².